The molecule has 0 radical (unpaired) electrons. The Kier molecular flexibility index (Phi) is 5.67. The molecule has 8 heteroatoms. The lowest BCUT2D eigenvalue weighted by Crippen LogP contribution is -2.48. The third-order valence-electron chi connectivity index (χ3n) is 4.87. The molecule has 3 N–H and O–H groups in total. The van der Waals surface area contributed by atoms with Crippen molar-refractivity contribution in [3.8, 4) is 0 Å². The fraction of sp³-hybridized carbons (Fsp3) is 0.611. The van der Waals surface area contributed by atoms with Crippen LogP contribution in [0, 0.1) is 5.92 Å². The van der Waals surface area contributed by atoms with Crippen LogP contribution in [-0.4, -0.2) is 56.5 Å². The van der Waals surface area contributed by atoms with Crippen LogP contribution in [0.5, 0.6) is 0 Å². The summed E-state index contributed by atoms with van der Waals surface area (Å²) in [5.41, 5.74) is 6.41. The molecule has 1 heterocycles. The number of sulfonamides is 1. The minimum atomic E-state index is -3.60. The summed E-state index contributed by atoms with van der Waals surface area (Å²) in [7, 11) is -3.60. The van der Waals surface area contributed by atoms with Crippen molar-refractivity contribution in [3.05, 3.63) is 29.8 Å². The van der Waals surface area contributed by atoms with Crippen LogP contribution in [0.2, 0.25) is 0 Å². The van der Waals surface area contributed by atoms with Gasteiger partial charge in [0.15, 0.2) is 0 Å². The zero-order chi connectivity index (χ0) is 18.9. The number of carbonyl (C=O) groups excluding carboxylic acids is 1. The Bertz CT molecular complexity index is 736. The second kappa shape index (κ2) is 7.64. The van der Waals surface area contributed by atoms with Gasteiger partial charge in [0.1, 0.15) is 0 Å². The van der Waals surface area contributed by atoms with Crippen LogP contribution in [0.4, 0.5) is 0 Å². The molecule has 0 spiro atoms. The molecule has 0 aromatic heterocycles. The van der Waals surface area contributed by atoms with Gasteiger partial charge >= 0.3 is 0 Å². The van der Waals surface area contributed by atoms with E-state index in [1.807, 2.05) is 13.8 Å². The first-order valence-electron chi connectivity index (χ1n) is 9.07. The molecule has 1 aromatic rings. The zero-order valence-electron chi connectivity index (χ0n) is 15.2. The molecule has 2 aliphatic rings. The number of ether oxygens (including phenoxy) is 1. The lowest BCUT2D eigenvalue weighted by atomic mass is 10.2. The highest BCUT2D eigenvalue weighted by Gasteiger charge is 2.32. The molecule has 1 saturated carbocycles. The van der Waals surface area contributed by atoms with Crippen molar-refractivity contribution in [1.82, 2.24) is 9.62 Å². The number of nitrogens with zero attached hydrogens (tertiary/aromatic N) is 1. The summed E-state index contributed by atoms with van der Waals surface area (Å²) < 4.78 is 32.7. The van der Waals surface area contributed by atoms with Gasteiger partial charge in [0.25, 0.3) is 5.91 Å². The van der Waals surface area contributed by atoms with E-state index in [9.17, 15) is 13.2 Å². The van der Waals surface area contributed by atoms with Gasteiger partial charge in [0.2, 0.25) is 10.0 Å². The van der Waals surface area contributed by atoms with E-state index < -0.39 is 10.0 Å². The average Bonchev–Trinajstić information content (AvgIpc) is 3.43. The van der Waals surface area contributed by atoms with Crippen LogP contribution >= 0.6 is 0 Å². The average molecular weight is 381 g/mol. The molecule has 0 bridgehead atoms. The summed E-state index contributed by atoms with van der Waals surface area (Å²) in [6.07, 6.45) is 1.97. The highest BCUT2D eigenvalue weighted by Crippen LogP contribution is 2.31. The molecule has 1 aliphatic carbocycles. The van der Waals surface area contributed by atoms with Crippen molar-refractivity contribution in [2.75, 3.05) is 19.6 Å². The van der Waals surface area contributed by atoms with Crippen molar-refractivity contribution in [1.29, 1.82) is 0 Å². The number of benzene rings is 1. The van der Waals surface area contributed by atoms with Crippen LogP contribution < -0.4 is 11.1 Å². The lowest BCUT2D eigenvalue weighted by Gasteiger charge is -2.34. The molecule has 2 fully saturated rings. The van der Waals surface area contributed by atoms with E-state index in [1.165, 1.54) is 28.6 Å². The van der Waals surface area contributed by atoms with E-state index in [0.717, 1.165) is 12.8 Å². The first-order chi connectivity index (χ1) is 12.3. The summed E-state index contributed by atoms with van der Waals surface area (Å²) in [4.78, 5) is 12.4. The summed E-state index contributed by atoms with van der Waals surface area (Å²) in [6.45, 7) is 4.81. The van der Waals surface area contributed by atoms with Gasteiger partial charge in [-0.1, -0.05) is 0 Å². The number of carbonyl (C=O) groups is 1. The second-order valence-electron chi connectivity index (χ2n) is 7.32. The number of morpholine rings is 1. The predicted molar refractivity (Wildman–Crippen MR) is 98.2 cm³/mol. The van der Waals surface area contributed by atoms with Gasteiger partial charge in [-0.25, -0.2) is 8.42 Å². The molecule has 7 nitrogen and oxygen atoms in total. The molecule has 3 atom stereocenters. The lowest BCUT2D eigenvalue weighted by molar-refractivity contribution is -0.0440. The van der Waals surface area contributed by atoms with Crippen LogP contribution in [-0.2, 0) is 14.8 Å². The monoisotopic (exact) mass is 381 g/mol. The Morgan fingerprint density at radius 3 is 2.35 bits per heavy atom. The zero-order valence-corrected chi connectivity index (χ0v) is 16.0. The van der Waals surface area contributed by atoms with Crippen LogP contribution in [0.15, 0.2) is 29.2 Å². The number of hydrogen-bond donors (Lipinski definition) is 2. The van der Waals surface area contributed by atoms with Crippen LogP contribution in [0.1, 0.15) is 37.0 Å². The summed E-state index contributed by atoms with van der Waals surface area (Å²) in [5.74, 6) is 0.278. The molecule has 1 aromatic carbocycles. The Morgan fingerprint density at radius 1 is 1.23 bits per heavy atom. The van der Waals surface area contributed by atoms with Crippen LogP contribution in [0.25, 0.3) is 0 Å². The van der Waals surface area contributed by atoms with Gasteiger partial charge in [-0.3, -0.25) is 4.79 Å². The maximum Gasteiger partial charge on any atom is 0.251 e. The van der Waals surface area contributed by atoms with Gasteiger partial charge in [0.05, 0.1) is 17.1 Å². The Balaban J connectivity index is 1.65. The largest absolute Gasteiger partial charge is 0.373 e. The van der Waals surface area contributed by atoms with Crippen molar-refractivity contribution >= 4 is 15.9 Å². The minimum absolute atomic E-state index is 0.0103. The first-order valence-corrected chi connectivity index (χ1v) is 10.5. The maximum atomic E-state index is 12.8. The van der Waals surface area contributed by atoms with E-state index >= 15 is 0 Å². The fourth-order valence-corrected chi connectivity index (χ4v) is 4.85. The maximum absolute atomic E-state index is 12.8. The highest BCUT2D eigenvalue weighted by molar-refractivity contribution is 7.89. The third kappa shape index (κ3) is 4.43. The number of amides is 1. The van der Waals surface area contributed by atoms with Crippen molar-refractivity contribution in [3.63, 3.8) is 0 Å². The van der Waals surface area contributed by atoms with Crippen LogP contribution in [0.3, 0.4) is 0 Å². The smallest absolute Gasteiger partial charge is 0.251 e. The van der Waals surface area contributed by atoms with E-state index in [2.05, 4.69) is 5.32 Å². The molecule has 144 valence electrons. The van der Waals surface area contributed by atoms with Gasteiger partial charge < -0.3 is 15.8 Å². The molecule has 3 rings (SSSR count). The second-order valence-corrected chi connectivity index (χ2v) is 9.25. The van der Waals surface area contributed by atoms with E-state index in [1.54, 1.807) is 0 Å². The molecule has 1 aliphatic heterocycles. The number of rotatable bonds is 6. The van der Waals surface area contributed by atoms with Gasteiger partial charge in [-0.2, -0.15) is 4.31 Å². The summed E-state index contributed by atoms with van der Waals surface area (Å²) >= 11 is 0. The fourth-order valence-electron chi connectivity index (χ4n) is 3.26. The highest BCUT2D eigenvalue weighted by atomic mass is 32.2. The quantitative estimate of drug-likeness (QED) is 0.764. The van der Waals surface area contributed by atoms with E-state index in [4.69, 9.17) is 10.5 Å². The molecular formula is C18H27N3O4S. The Labute approximate surface area is 154 Å². The van der Waals surface area contributed by atoms with Gasteiger partial charge in [-0.15, -0.1) is 0 Å². The minimum Gasteiger partial charge on any atom is -0.373 e. The van der Waals surface area contributed by atoms with Gasteiger partial charge in [-0.05, 0) is 56.9 Å². The predicted octanol–water partition coefficient (Wildman–Crippen LogP) is 0.952. The normalized spacial score (nSPS) is 25.7. The first kappa shape index (κ1) is 19.3. The molecule has 26 heavy (non-hydrogen) atoms. The Hall–Kier alpha value is -1.48. The number of nitrogens with one attached hydrogen (secondary N) is 1. The van der Waals surface area contributed by atoms with Gasteiger partial charge in [0, 0.05) is 31.2 Å². The molecule has 1 amide bonds. The van der Waals surface area contributed by atoms with Crippen molar-refractivity contribution in [2.24, 2.45) is 11.7 Å². The number of nitrogens with two attached hydrogens (primary N) is 1. The summed E-state index contributed by atoms with van der Waals surface area (Å²) in [5, 5.41) is 2.81. The SMILES string of the molecule is CC1CN(S(=O)(=O)c2ccc(C(=O)NCC(N)C3CC3)cc2)CC(C)O1. The molecule has 3 unspecified atom stereocenters. The standard InChI is InChI=1S/C18H27N3O4S/c1-12-10-21(11-13(2)25-12)26(23,24)16-7-5-15(6-8-16)18(22)20-9-17(19)14-3-4-14/h5-8,12-14,17H,3-4,9-11,19H2,1-2H3,(H,20,22). The van der Waals surface area contributed by atoms with E-state index in [0.29, 0.717) is 31.1 Å². The molecule has 1 saturated heterocycles. The van der Waals surface area contributed by atoms with Crippen molar-refractivity contribution in [2.45, 2.75) is 49.8 Å². The topological polar surface area (TPSA) is 102 Å². The van der Waals surface area contributed by atoms with E-state index in [-0.39, 0.29) is 29.1 Å². The molecular weight excluding hydrogens is 354 g/mol. The number of hydrogen-bond acceptors (Lipinski definition) is 5. The third-order valence-corrected chi connectivity index (χ3v) is 6.71. The Morgan fingerprint density at radius 2 is 1.81 bits per heavy atom. The summed E-state index contributed by atoms with van der Waals surface area (Å²) in [6, 6.07) is 6.03. The van der Waals surface area contributed by atoms with Crippen molar-refractivity contribution < 1.29 is 17.9 Å².